The molecule has 0 saturated heterocycles. The van der Waals surface area contributed by atoms with Gasteiger partial charge in [0.05, 0.1) is 5.69 Å². The molecule has 0 atom stereocenters. The third-order valence-electron chi connectivity index (χ3n) is 5.03. The number of hydrogen-bond donors (Lipinski definition) is 0. The van der Waals surface area contributed by atoms with Gasteiger partial charge >= 0.3 is 5.69 Å². The first-order chi connectivity index (χ1) is 12.9. The lowest BCUT2D eigenvalue weighted by atomic mass is 10.3. The van der Waals surface area contributed by atoms with Crippen LogP contribution in [0.1, 0.15) is 24.7 Å². The molecule has 3 aromatic heterocycles. The largest absolute Gasteiger partial charge is 0.332 e. The van der Waals surface area contributed by atoms with Crippen LogP contribution < -0.4 is 11.2 Å². The molecule has 4 aromatic rings. The van der Waals surface area contributed by atoms with Gasteiger partial charge in [0.15, 0.2) is 11.2 Å². The van der Waals surface area contributed by atoms with E-state index in [4.69, 9.17) is 11.6 Å². The van der Waals surface area contributed by atoms with Crippen LogP contribution in [0.15, 0.2) is 33.9 Å². The second-order valence-electron chi connectivity index (χ2n) is 6.70. The first kappa shape index (κ1) is 17.6. The topological polar surface area (TPSA) is 66.2 Å². The van der Waals surface area contributed by atoms with E-state index in [0.717, 1.165) is 17.1 Å². The highest BCUT2D eigenvalue weighted by atomic mass is 35.5. The van der Waals surface area contributed by atoms with Gasteiger partial charge in [-0.15, -0.1) is 0 Å². The summed E-state index contributed by atoms with van der Waals surface area (Å²) in [6.07, 6.45) is 0.699. The molecule has 0 amide bonds. The van der Waals surface area contributed by atoms with Crippen molar-refractivity contribution in [2.75, 3.05) is 0 Å². The van der Waals surface area contributed by atoms with Crippen molar-refractivity contribution in [2.24, 2.45) is 7.05 Å². The van der Waals surface area contributed by atoms with Crippen LogP contribution in [0, 0.1) is 13.8 Å². The van der Waals surface area contributed by atoms with Gasteiger partial charge in [0.25, 0.3) is 5.56 Å². The molecule has 0 unspecified atom stereocenters. The van der Waals surface area contributed by atoms with Gasteiger partial charge in [0, 0.05) is 30.0 Å². The molecule has 0 bridgehead atoms. The van der Waals surface area contributed by atoms with Crippen LogP contribution in [0.3, 0.4) is 0 Å². The lowest BCUT2D eigenvalue weighted by molar-refractivity contribution is 0.592. The fraction of sp³-hybridized carbons (Fsp3) is 0.316. The number of hydrogen-bond acceptors (Lipinski definition) is 3. The summed E-state index contributed by atoms with van der Waals surface area (Å²) in [4.78, 5) is 30.3. The van der Waals surface area contributed by atoms with Crippen molar-refractivity contribution in [2.45, 2.75) is 33.7 Å². The van der Waals surface area contributed by atoms with Crippen LogP contribution >= 0.6 is 11.6 Å². The quantitative estimate of drug-likeness (QED) is 0.544. The predicted octanol–water partition coefficient (Wildman–Crippen LogP) is 2.82. The second-order valence-corrected chi connectivity index (χ2v) is 7.14. The fourth-order valence-corrected chi connectivity index (χ4v) is 3.78. The third kappa shape index (κ3) is 2.38. The summed E-state index contributed by atoms with van der Waals surface area (Å²) in [6.45, 7) is 6.23. The van der Waals surface area contributed by atoms with Gasteiger partial charge in [0.2, 0.25) is 5.78 Å². The van der Waals surface area contributed by atoms with Crippen molar-refractivity contribution in [3.8, 4) is 5.69 Å². The molecule has 0 aliphatic rings. The Morgan fingerprint density at radius 2 is 1.89 bits per heavy atom. The number of imidazole rings is 2. The molecule has 8 heteroatoms. The normalized spacial score (nSPS) is 11.7. The standard InChI is InChI=1S/C19H20ClN5O2/c1-5-9-23-17(26)15-16(22(4)19(23)27)21-18-24(11(2)12(3)25(15)18)14-8-6-7-13(20)10-14/h6-8,10H,5,9H2,1-4H3. The van der Waals surface area contributed by atoms with E-state index in [9.17, 15) is 9.59 Å². The maximum absolute atomic E-state index is 13.1. The lowest BCUT2D eigenvalue weighted by Gasteiger charge is -2.07. The predicted molar refractivity (Wildman–Crippen MR) is 106 cm³/mol. The maximum Gasteiger partial charge on any atom is 0.332 e. The van der Waals surface area contributed by atoms with Gasteiger partial charge in [-0.3, -0.25) is 22.9 Å². The first-order valence-electron chi connectivity index (χ1n) is 8.82. The number of aromatic nitrogens is 5. The van der Waals surface area contributed by atoms with Crippen LogP contribution in [0.4, 0.5) is 0 Å². The maximum atomic E-state index is 13.1. The van der Waals surface area contributed by atoms with E-state index >= 15 is 0 Å². The van der Waals surface area contributed by atoms with Gasteiger partial charge in [-0.1, -0.05) is 24.6 Å². The first-order valence-corrected chi connectivity index (χ1v) is 9.20. The minimum Gasteiger partial charge on any atom is -0.283 e. The average molecular weight is 386 g/mol. The molecule has 0 saturated carbocycles. The molecule has 1 aromatic carbocycles. The SMILES string of the molecule is CCCn1c(=O)c2c(nc3n(-c4cccc(Cl)c4)c(C)c(C)n23)n(C)c1=O. The van der Waals surface area contributed by atoms with E-state index in [2.05, 4.69) is 4.98 Å². The molecule has 0 fully saturated rings. The van der Waals surface area contributed by atoms with Crippen LogP contribution in [0.5, 0.6) is 0 Å². The number of benzene rings is 1. The Balaban J connectivity index is 2.21. The molecule has 4 rings (SSSR count). The van der Waals surface area contributed by atoms with Crippen molar-refractivity contribution < 1.29 is 0 Å². The number of fused-ring (bicyclic) bond motifs is 3. The van der Waals surface area contributed by atoms with Crippen LogP contribution in [-0.4, -0.2) is 23.1 Å². The highest BCUT2D eigenvalue weighted by Gasteiger charge is 2.23. The highest BCUT2D eigenvalue weighted by Crippen LogP contribution is 2.25. The summed E-state index contributed by atoms with van der Waals surface area (Å²) in [5.41, 5.74) is 2.84. The van der Waals surface area contributed by atoms with Crippen LogP contribution in [0.2, 0.25) is 5.02 Å². The summed E-state index contributed by atoms with van der Waals surface area (Å²) in [5.74, 6) is 0.587. The zero-order valence-electron chi connectivity index (χ0n) is 15.7. The Morgan fingerprint density at radius 1 is 1.15 bits per heavy atom. The second kappa shape index (κ2) is 6.13. The van der Waals surface area contributed by atoms with E-state index in [1.807, 2.05) is 54.0 Å². The van der Waals surface area contributed by atoms with Crippen LogP contribution in [0.25, 0.3) is 22.6 Å². The summed E-state index contributed by atoms with van der Waals surface area (Å²) >= 11 is 6.17. The molecule has 0 radical (unpaired) electrons. The van der Waals surface area contributed by atoms with E-state index in [1.54, 1.807) is 7.05 Å². The van der Waals surface area contributed by atoms with Gasteiger partial charge < -0.3 is 0 Å². The Labute approximate surface area is 160 Å². The average Bonchev–Trinajstić information content (AvgIpc) is 3.13. The van der Waals surface area contributed by atoms with Crippen molar-refractivity contribution >= 4 is 28.5 Å². The van der Waals surface area contributed by atoms with Gasteiger partial charge in [0.1, 0.15) is 0 Å². The fourth-order valence-electron chi connectivity index (χ4n) is 3.60. The molecule has 0 aliphatic carbocycles. The number of nitrogens with zero attached hydrogens (tertiary/aromatic N) is 5. The van der Waals surface area contributed by atoms with Gasteiger partial charge in [-0.05, 0) is 38.5 Å². The third-order valence-corrected chi connectivity index (χ3v) is 5.27. The minimum absolute atomic E-state index is 0.311. The lowest BCUT2D eigenvalue weighted by Crippen LogP contribution is -2.39. The van der Waals surface area contributed by atoms with Crippen molar-refractivity contribution in [3.05, 3.63) is 61.5 Å². The molecule has 7 nitrogen and oxygen atoms in total. The minimum atomic E-state index is -0.348. The van der Waals surface area contributed by atoms with Gasteiger partial charge in [-0.2, -0.15) is 4.98 Å². The molecule has 0 N–H and O–H groups in total. The number of halogens is 1. The van der Waals surface area contributed by atoms with E-state index < -0.39 is 0 Å². The van der Waals surface area contributed by atoms with E-state index in [1.165, 1.54) is 9.13 Å². The molecule has 0 aliphatic heterocycles. The van der Waals surface area contributed by atoms with Crippen molar-refractivity contribution in [3.63, 3.8) is 0 Å². The summed E-state index contributed by atoms with van der Waals surface area (Å²) in [6, 6.07) is 7.46. The Hall–Kier alpha value is -2.80. The van der Waals surface area contributed by atoms with E-state index in [-0.39, 0.29) is 11.2 Å². The number of rotatable bonds is 3. The zero-order chi connectivity index (χ0) is 19.5. The van der Waals surface area contributed by atoms with Gasteiger partial charge in [-0.25, -0.2) is 4.79 Å². The Kier molecular flexibility index (Phi) is 3.99. The molecule has 27 heavy (non-hydrogen) atoms. The Morgan fingerprint density at radius 3 is 2.56 bits per heavy atom. The van der Waals surface area contributed by atoms with Crippen molar-refractivity contribution in [1.82, 2.24) is 23.1 Å². The Bertz CT molecular complexity index is 1320. The molecule has 3 heterocycles. The summed E-state index contributed by atoms with van der Waals surface area (Å²) in [5, 5.41) is 0.616. The summed E-state index contributed by atoms with van der Waals surface area (Å²) in [7, 11) is 1.65. The molecular weight excluding hydrogens is 366 g/mol. The molecule has 140 valence electrons. The summed E-state index contributed by atoms with van der Waals surface area (Å²) < 4.78 is 6.51. The zero-order valence-corrected chi connectivity index (χ0v) is 16.4. The van der Waals surface area contributed by atoms with Crippen LogP contribution in [-0.2, 0) is 13.6 Å². The highest BCUT2D eigenvalue weighted by molar-refractivity contribution is 6.30. The smallest absolute Gasteiger partial charge is 0.283 e. The monoisotopic (exact) mass is 385 g/mol. The van der Waals surface area contributed by atoms with Crippen molar-refractivity contribution in [1.29, 1.82) is 0 Å². The molecule has 0 spiro atoms. The molecular formula is C19H20ClN5O2. The number of aryl methyl sites for hydroxylation is 2. The van der Waals surface area contributed by atoms with E-state index in [0.29, 0.717) is 34.9 Å².